The molecule has 1 aromatic heterocycles. The molecule has 0 aliphatic heterocycles. The normalized spacial score (nSPS) is 11.6. The summed E-state index contributed by atoms with van der Waals surface area (Å²) >= 11 is 0. The van der Waals surface area contributed by atoms with Crippen LogP contribution in [0.4, 0.5) is 11.4 Å². The molecule has 0 radical (unpaired) electrons. The van der Waals surface area contributed by atoms with Crippen molar-refractivity contribution in [3.63, 3.8) is 0 Å². The van der Waals surface area contributed by atoms with Crippen LogP contribution in [0.2, 0.25) is 0 Å². The molecule has 2 aromatic rings. The molecule has 1 heterocycles. The average Bonchev–Trinajstić information content (AvgIpc) is 2.94. The average molecular weight is 362 g/mol. The Hall–Kier alpha value is -2.54. The second kappa shape index (κ2) is 8.02. The van der Waals surface area contributed by atoms with E-state index in [2.05, 4.69) is 10.0 Å². The highest BCUT2D eigenvalue weighted by Gasteiger charge is 2.12. The van der Waals surface area contributed by atoms with Gasteiger partial charge in [0.2, 0.25) is 15.9 Å². The van der Waals surface area contributed by atoms with E-state index in [-0.39, 0.29) is 11.7 Å². The third-order valence-electron chi connectivity index (χ3n) is 3.49. The first-order chi connectivity index (χ1) is 11.8. The van der Waals surface area contributed by atoms with Crippen LogP contribution in [0.25, 0.3) is 6.08 Å². The second-order valence-electron chi connectivity index (χ2n) is 5.67. The minimum atomic E-state index is -3.39. The van der Waals surface area contributed by atoms with Crippen molar-refractivity contribution in [3.8, 4) is 0 Å². The molecule has 0 atom stereocenters. The lowest BCUT2D eigenvalue weighted by atomic mass is 10.1. The van der Waals surface area contributed by atoms with Gasteiger partial charge in [-0.25, -0.2) is 8.42 Å². The van der Waals surface area contributed by atoms with E-state index in [4.69, 9.17) is 4.42 Å². The lowest BCUT2D eigenvalue weighted by Gasteiger charge is -2.13. The van der Waals surface area contributed by atoms with Gasteiger partial charge in [-0.1, -0.05) is 13.0 Å². The maximum atomic E-state index is 12.1. The van der Waals surface area contributed by atoms with Gasteiger partial charge in [0.05, 0.1) is 11.4 Å². The summed E-state index contributed by atoms with van der Waals surface area (Å²) in [6.45, 7) is 5.38. The zero-order chi connectivity index (χ0) is 18.4. The Labute approximate surface area is 148 Å². The molecule has 0 unspecified atom stereocenters. The van der Waals surface area contributed by atoms with E-state index in [0.717, 1.165) is 5.76 Å². The molecule has 0 aliphatic carbocycles. The first-order valence-corrected chi connectivity index (χ1v) is 9.61. The van der Waals surface area contributed by atoms with E-state index in [9.17, 15) is 13.2 Å². The number of anilines is 2. The Morgan fingerprint density at radius 2 is 1.88 bits per heavy atom. The number of furan rings is 1. The number of hydrogen-bond donors (Lipinski definition) is 2. The standard InChI is InChI=1S/C18H22N2O4S/c1-4-12-25(22,23)20-17-7-5-6-16(14(17)3)19-18(21)11-10-15-9-8-13(2)24-15/h5-11,20H,4,12H2,1-3H3,(H,19,21)/b11-10-. The second-order valence-corrected chi connectivity index (χ2v) is 7.51. The van der Waals surface area contributed by atoms with E-state index < -0.39 is 10.0 Å². The fourth-order valence-corrected chi connectivity index (χ4v) is 3.44. The third kappa shape index (κ3) is 5.49. The Bertz CT molecular complexity index is 882. The number of sulfonamides is 1. The lowest BCUT2D eigenvalue weighted by molar-refractivity contribution is -0.111. The molecule has 6 nitrogen and oxygen atoms in total. The molecule has 0 spiro atoms. The molecule has 134 valence electrons. The largest absolute Gasteiger partial charge is 0.462 e. The quantitative estimate of drug-likeness (QED) is 0.735. The van der Waals surface area contributed by atoms with Crippen molar-refractivity contribution >= 4 is 33.4 Å². The Kier molecular flexibility index (Phi) is 6.03. The fraction of sp³-hybridized carbons (Fsp3) is 0.278. The van der Waals surface area contributed by atoms with Gasteiger partial charge in [-0.2, -0.15) is 0 Å². The molecule has 1 aromatic carbocycles. The molecule has 0 bridgehead atoms. The minimum Gasteiger partial charge on any atom is -0.462 e. The first kappa shape index (κ1) is 18.8. The molecule has 0 aliphatic rings. The van der Waals surface area contributed by atoms with E-state index in [1.54, 1.807) is 44.2 Å². The molecule has 25 heavy (non-hydrogen) atoms. The lowest BCUT2D eigenvalue weighted by Crippen LogP contribution is -2.17. The number of carbonyl (C=O) groups excluding carboxylic acids is 1. The summed E-state index contributed by atoms with van der Waals surface area (Å²) in [5.74, 6) is 1.08. The van der Waals surface area contributed by atoms with Crippen LogP contribution in [0.5, 0.6) is 0 Å². The van der Waals surface area contributed by atoms with Gasteiger partial charge in [0.15, 0.2) is 0 Å². The van der Waals surface area contributed by atoms with Crippen molar-refractivity contribution in [2.24, 2.45) is 0 Å². The van der Waals surface area contributed by atoms with Crippen LogP contribution in [-0.2, 0) is 14.8 Å². The summed E-state index contributed by atoms with van der Waals surface area (Å²) in [4.78, 5) is 12.1. The zero-order valence-corrected chi connectivity index (χ0v) is 15.3. The maximum absolute atomic E-state index is 12.1. The molecule has 1 amide bonds. The van der Waals surface area contributed by atoms with Gasteiger partial charge < -0.3 is 9.73 Å². The van der Waals surface area contributed by atoms with Gasteiger partial charge in [-0.05, 0) is 56.2 Å². The predicted octanol–water partition coefficient (Wildman–Crippen LogP) is 3.70. The molecule has 0 saturated heterocycles. The van der Waals surface area contributed by atoms with Crippen LogP contribution in [0, 0.1) is 13.8 Å². The minimum absolute atomic E-state index is 0.0499. The van der Waals surface area contributed by atoms with Crippen LogP contribution in [-0.4, -0.2) is 20.1 Å². The van der Waals surface area contributed by atoms with Gasteiger partial charge in [0, 0.05) is 11.8 Å². The van der Waals surface area contributed by atoms with Gasteiger partial charge >= 0.3 is 0 Å². The Morgan fingerprint density at radius 3 is 2.52 bits per heavy atom. The molecular weight excluding hydrogens is 340 g/mol. The highest BCUT2D eigenvalue weighted by Crippen LogP contribution is 2.24. The van der Waals surface area contributed by atoms with Gasteiger partial charge in [-0.3, -0.25) is 9.52 Å². The summed E-state index contributed by atoms with van der Waals surface area (Å²) < 4.78 is 31.8. The Morgan fingerprint density at radius 1 is 1.16 bits per heavy atom. The van der Waals surface area contributed by atoms with Crippen molar-refractivity contribution in [1.82, 2.24) is 0 Å². The first-order valence-electron chi connectivity index (χ1n) is 7.96. The number of aryl methyl sites for hydroxylation is 1. The number of carbonyl (C=O) groups is 1. The zero-order valence-electron chi connectivity index (χ0n) is 14.5. The van der Waals surface area contributed by atoms with Crippen molar-refractivity contribution in [2.75, 3.05) is 15.8 Å². The van der Waals surface area contributed by atoms with Crippen molar-refractivity contribution in [2.45, 2.75) is 27.2 Å². The predicted molar refractivity (Wildman–Crippen MR) is 100.0 cm³/mol. The van der Waals surface area contributed by atoms with Crippen molar-refractivity contribution in [1.29, 1.82) is 0 Å². The van der Waals surface area contributed by atoms with Gasteiger partial charge in [-0.15, -0.1) is 0 Å². The van der Waals surface area contributed by atoms with Crippen molar-refractivity contribution in [3.05, 3.63) is 53.5 Å². The van der Waals surface area contributed by atoms with Crippen LogP contribution < -0.4 is 10.0 Å². The smallest absolute Gasteiger partial charge is 0.248 e. The molecule has 0 saturated carbocycles. The van der Waals surface area contributed by atoms with Gasteiger partial charge in [0.1, 0.15) is 11.5 Å². The maximum Gasteiger partial charge on any atom is 0.248 e. The number of benzene rings is 1. The SMILES string of the molecule is CCCS(=O)(=O)Nc1cccc(NC(=O)/C=C\c2ccc(C)o2)c1C. The summed E-state index contributed by atoms with van der Waals surface area (Å²) in [6.07, 6.45) is 3.47. The number of amides is 1. The monoisotopic (exact) mass is 362 g/mol. The Balaban J connectivity index is 2.11. The number of rotatable bonds is 7. The van der Waals surface area contributed by atoms with Crippen LogP contribution in [0.3, 0.4) is 0 Å². The molecule has 2 rings (SSSR count). The third-order valence-corrected chi connectivity index (χ3v) is 4.97. The van der Waals surface area contributed by atoms with Crippen LogP contribution in [0.15, 0.2) is 40.8 Å². The summed E-state index contributed by atoms with van der Waals surface area (Å²) in [5, 5.41) is 2.74. The van der Waals surface area contributed by atoms with E-state index >= 15 is 0 Å². The summed E-state index contributed by atoms with van der Waals surface area (Å²) in [5.41, 5.74) is 1.65. The molecular formula is C18H22N2O4S. The van der Waals surface area contributed by atoms with Gasteiger partial charge in [0.25, 0.3) is 0 Å². The molecule has 7 heteroatoms. The summed E-state index contributed by atoms with van der Waals surface area (Å²) in [6, 6.07) is 8.66. The highest BCUT2D eigenvalue weighted by atomic mass is 32.2. The topological polar surface area (TPSA) is 88.4 Å². The molecule has 0 fully saturated rings. The van der Waals surface area contributed by atoms with Crippen molar-refractivity contribution < 1.29 is 17.6 Å². The number of hydrogen-bond acceptors (Lipinski definition) is 4. The fourth-order valence-electron chi connectivity index (χ4n) is 2.24. The van der Waals surface area contributed by atoms with E-state index in [1.165, 1.54) is 6.08 Å². The molecule has 2 N–H and O–H groups in total. The highest BCUT2D eigenvalue weighted by molar-refractivity contribution is 7.92. The number of nitrogens with one attached hydrogen (secondary N) is 2. The van der Waals surface area contributed by atoms with Crippen LogP contribution >= 0.6 is 0 Å². The summed E-state index contributed by atoms with van der Waals surface area (Å²) in [7, 11) is -3.39. The van der Waals surface area contributed by atoms with E-state index in [0.29, 0.717) is 29.1 Å². The van der Waals surface area contributed by atoms with Crippen LogP contribution in [0.1, 0.15) is 30.4 Å². The van der Waals surface area contributed by atoms with E-state index in [1.807, 2.05) is 13.0 Å².